The van der Waals surface area contributed by atoms with Crippen molar-refractivity contribution in [3.63, 3.8) is 0 Å². The third kappa shape index (κ3) is 2.56. The zero-order chi connectivity index (χ0) is 12.3. The van der Waals surface area contributed by atoms with Crippen molar-refractivity contribution in [2.45, 2.75) is 26.2 Å². The first-order valence-corrected chi connectivity index (χ1v) is 6.57. The molecular weight excluding hydrogens is 232 g/mol. The molecule has 0 aromatic heterocycles. The Hall–Kier alpha value is -1.20. The molecule has 0 radical (unpaired) electrons. The Balaban J connectivity index is 2.23. The fraction of sp³-hybridized carbons (Fsp3) is 0.500. The molecule has 0 heterocycles. The van der Waals surface area contributed by atoms with Crippen LogP contribution >= 0.6 is 11.6 Å². The minimum absolute atomic E-state index is 0.553. The highest BCUT2D eigenvalue weighted by atomic mass is 35.5. The lowest BCUT2D eigenvalue weighted by atomic mass is 9.85. The van der Waals surface area contributed by atoms with E-state index < -0.39 is 0 Å². The van der Waals surface area contributed by atoms with Gasteiger partial charge in [-0.15, -0.1) is 0 Å². The summed E-state index contributed by atoms with van der Waals surface area (Å²) in [6.07, 6.45) is 3.99. The topological polar surface area (TPSA) is 27.0 Å². The number of nitrogens with zero attached hydrogens (tertiary/aromatic N) is 2. The van der Waals surface area contributed by atoms with Gasteiger partial charge in [-0.2, -0.15) is 5.26 Å². The third-order valence-corrected chi connectivity index (χ3v) is 3.84. The SMILES string of the molecule is CCN(CC1CCC1)c1cccc(Cl)c1C#N. The Labute approximate surface area is 108 Å². The lowest BCUT2D eigenvalue weighted by Gasteiger charge is -2.33. The predicted molar refractivity (Wildman–Crippen MR) is 71.4 cm³/mol. The van der Waals surface area contributed by atoms with Gasteiger partial charge in [0.1, 0.15) is 6.07 Å². The van der Waals surface area contributed by atoms with Crippen molar-refractivity contribution < 1.29 is 0 Å². The van der Waals surface area contributed by atoms with Gasteiger partial charge >= 0.3 is 0 Å². The molecule has 0 N–H and O–H groups in total. The van der Waals surface area contributed by atoms with Gasteiger partial charge in [0.2, 0.25) is 0 Å². The van der Waals surface area contributed by atoms with E-state index in [-0.39, 0.29) is 0 Å². The quantitative estimate of drug-likeness (QED) is 0.810. The second-order valence-electron chi connectivity index (χ2n) is 4.58. The Bertz CT molecular complexity index is 432. The maximum absolute atomic E-state index is 9.19. The number of nitriles is 1. The molecule has 0 bridgehead atoms. The van der Waals surface area contributed by atoms with Crippen LogP contribution in [0, 0.1) is 17.2 Å². The Kier molecular flexibility index (Phi) is 3.91. The normalized spacial score (nSPS) is 15.1. The molecule has 1 aliphatic rings. The van der Waals surface area contributed by atoms with Crippen LogP contribution < -0.4 is 4.90 Å². The second-order valence-corrected chi connectivity index (χ2v) is 4.99. The van der Waals surface area contributed by atoms with E-state index in [0.717, 1.165) is 24.7 Å². The third-order valence-electron chi connectivity index (χ3n) is 3.53. The summed E-state index contributed by atoms with van der Waals surface area (Å²) in [6.45, 7) is 4.10. The van der Waals surface area contributed by atoms with Gasteiger partial charge in [0.05, 0.1) is 16.3 Å². The van der Waals surface area contributed by atoms with Crippen molar-refractivity contribution in [1.29, 1.82) is 5.26 Å². The zero-order valence-corrected chi connectivity index (χ0v) is 10.9. The summed E-state index contributed by atoms with van der Waals surface area (Å²) in [5, 5.41) is 9.74. The Morgan fingerprint density at radius 2 is 2.24 bits per heavy atom. The summed E-state index contributed by atoms with van der Waals surface area (Å²) in [7, 11) is 0. The lowest BCUT2D eigenvalue weighted by molar-refractivity contribution is 0.318. The van der Waals surface area contributed by atoms with Gasteiger partial charge in [-0.05, 0) is 37.8 Å². The molecule has 0 amide bonds. The molecule has 2 nitrogen and oxygen atoms in total. The van der Waals surface area contributed by atoms with Crippen molar-refractivity contribution in [1.82, 2.24) is 0 Å². The molecule has 1 aromatic rings. The summed E-state index contributed by atoms with van der Waals surface area (Å²) >= 11 is 6.07. The number of hydrogen-bond donors (Lipinski definition) is 0. The summed E-state index contributed by atoms with van der Waals surface area (Å²) in [5.41, 5.74) is 1.59. The van der Waals surface area contributed by atoms with E-state index in [1.54, 1.807) is 6.07 Å². The van der Waals surface area contributed by atoms with Gasteiger partial charge in [0.15, 0.2) is 0 Å². The Morgan fingerprint density at radius 3 is 2.76 bits per heavy atom. The van der Waals surface area contributed by atoms with E-state index in [2.05, 4.69) is 17.9 Å². The van der Waals surface area contributed by atoms with Crippen LogP contribution in [0.3, 0.4) is 0 Å². The van der Waals surface area contributed by atoms with Crippen LogP contribution in [0.4, 0.5) is 5.69 Å². The van der Waals surface area contributed by atoms with Crippen LogP contribution in [0.2, 0.25) is 5.02 Å². The largest absolute Gasteiger partial charge is 0.370 e. The van der Waals surface area contributed by atoms with Crippen LogP contribution in [0.15, 0.2) is 18.2 Å². The highest BCUT2D eigenvalue weighted by Gasteiger charge is 2.21. The summed E-state index contributed by atoms with van der Waals surface area (Å²) in [5.74, 6) is 0.792. The number of anilines is 1. The molecule has 90 valence electrons. The van der Waals surface area contributed by atoms with E-state index in [1.807, 2.05) is 12.1 Å². The molecule has 17 heavy (non-hydrogen) atoms. The van der Waals surface area contributed by atoms with E-state index in [4.69, 9.17) is 11.6 Å². The predicted octanol–water partition coefficient (Wildman–Crippen LogP) is 3.84. The molecule has 0 saturated heterocycles. The van der Waals surface area contributed by atoms with Gasteiger partial charge in [-0.3, -0.25) is 0 Å². The van der Waals surface area contributed by atoms with Gasteiger partial charge in [0, 0.05) is 13.1 Å². The van der Waals surface area contributed by atoms with Crippen molar-refractivity contribution in [2.24, 2.45) is 5.92 Å². The molecule has 0 spiro atoms. The van der Waals surface area contributed by atoms with Crippen LogP contribution in [0.25, 0.3) is 0 Å². The van der Waals surface area contributed by atoms with Crippen LogP contribution in [0.5, 0.6) is 0 Å². The molecule has 3 heteroatoms. The first kappa shape index (κ1) is 12.3. The van der Waals surface area contributed by atoms with Crippen LogP contribution in [-0.2, 0) is 0 Å². The maximum Gasteiger partial charge on any atom is 0.103 e. The molecule has 1 fully saturated rings. The number of rotatable bonds is 4. The average Bonchev–Trinajstić information content (AvgIpc) is 2.28. The number of hydrogen-bond acceptors (Lipinski definition) is 2. The maximum atomic E-state index is 9.19. The Morgan fingerprint density at radius 1 is 1.47 bits per heavy atom. The van der Waals surface area contributed by atoms with Gasteiger partial charge < -0.3 is 4.90 Å². The highest BCUT2D eigenvalue weighted by molar-refractivity contribution is 6.32. The number of halogens is 1. The molecule has 1 aromatic carbocycles. The molecule has 0 aliphatic heterocycles. The van der Waals surface area contributed by atoms with Crippen LogP contribution in [-0.4, -0.2) is 13.1 Å². The van der Waals surface area contributed by atoms with E-state index >= 15 is 0 Å². The zero-order valence-electron chi connectivity index (χ0n) is 10.1. The molecule has 1 saturated carbocycles. The fourth-order valence-corrected chi connectivity index (χ4v) is 2.48. The van der Waals surface area contributed by atoms with Crippen molar-refractivity contribution in [2.75, 3.05) is 18.0 Å². The van der Waals surface area contributed by atoms with E-state index in [9.17, 15) is 5.26 Å². The van der Waals surface area contributed by atoms with E-state index in [0.29, 0.717) is 10.6 Å². The first-order chi connectivity index (χ1) is 8.26. The molecular formula is C14H17ClN2. The monoisotopic (exact) mass is 248 g/mol. The van der Waals surface area contributed by atoms with Gasteiger partial charge in [-0.1, -0.05) is 24.1 Å². The number of benzene rings is 1. The summed E-state index contributed by atoms with van der Waals surface area (Å²) < 4.78 is 0. The molecule has 0 atom stereocenters. The van der Waals surface area contributed by atoms with Crippen molar-refractivity contribution >= 4 is 17.3 Å². The lowest BCUT2D eigenvalue weighted by Crippen LogP contribution is -2.32. The minimum atomic E-state index is 0.553. The highest BCUT2D eigenvalue weighted by Crippen LogP contribution is 2.31. The minimum Gasteiger partial charge on any atom is -0.370 e. The average molecular weight is 249 g/mol. The molecule has 0 unspecified atom stereocenters. The first-order valence-electron chi connectivity index (χ1n) is 6.19. The van der Waals surface area contributed by atoms with Crippen molar-refractivity contribution in [3.05, 3.63) is 28.8 Å². The van der Waals surface area contributed by atoms with Crippen molar-refractivity contribution in [3.8, 4) is 6.07 Å². The molecule has 2 rings (SSSR count). The van der Waals surface area contributed by atoms with Crippen LogP contribution in [0.1, 0.15) is 31.7 Å². The summed E-state index contributed by atoms with van der Waals surface area (Å²) in [4.78, 5) is 2.27. The standard InChI is InChI=1S/C14H17ClN2/c1-2-17(10-11-5-3-6-11)14-8-4-7-13(15)12(14)9-16/h4,7-8,11H,2-3,5-6,10H2,1H3. The van der Waals surface area contributed by atoms with Gasteiger partial charge in [-0.25, -0.2) is 0 Å². The summed E-state index contributed by atoms with van der Waals surface area (Å²) in [6, 6.07) is 7.90. The molecule has 1 aliphatic carbocycles. The fourth-order valence-electron chi connectivity index (χ4n) is 2.27. The smallest absolute Gasteiger partial charge is 0.103 e. The van der Waals surface area contributed by atoms with E-state index in [1.165, 1.54) is 19.3 Å². The second kappa shape index (κ2) is 5.42. The van der Waals surface area contributed by atoms with Gasteiger partial charge in [0.25, 0.3) is 0 Å².